The van der Waals surface area contributed by atoms with Gasteiger partial charge in [-0.15, -0.1) is 0 Å². The maximum Gasteiger partial charge on any atom is 0.329 e. The van der Waals surface area contributed by atoms with Gasteiger partial charge in [0.2, 0.25) is 5.91 Å². The van der Waals surface area contributed by atoms with Crippen molar-refractivity contribution in [2.75, 3.05) is 6.54 Å². The number of hydrogen-bond acceptors (Lipinski definition) is 2. The van der Waals surface area contributed by atoms with E-state index >= 15 is 0 Å². The molecular formula is C12H21NO3. The Bertz CT molecular complexity index is 290. The summed E-state index contributed by atoms with van der Waals surface area (Å²) in [6.07, 6.45) is 3.10. The van der Waals surface area contributed by atoms with E-state index in [2.05, 4.69) is 0 Å². The van der Waals surface area contributed by atoms with Gasteiger partial charge in [0.1, 0.15) is 5.54 Å². The predicted octanol–water partition coefficient (Wildman–Crippen LogP) is 1.89. The highest BCUT2D eigenvalue weighted by Gasteiger charge is 2.44. The number of amides is 1. The molecule has 1 aliphatic heterocycles. The van der Waals surface area contributed by atoms with Crippen molar-refractivity contribution in [1.82, 2.24) is 4.90 Å². The number of carbonyl (C=O) groups excluding carboxylic acids is 1. The average Bonchev–Trinajstić information content (AvgIpc) is 2.27. The largest absolute Gasteiger partial charge is 0.480 e. The summed E-state index contributed by atoms with van der Waals surface area (Å²) >= 11 is 0. The molecule has 1 rings (SSSR count). The maximum atomic E-state index is 12.1. The van der Waals surface area contributed by atoms with Crippen LogP contribution in [0.3, 0.4) is 0 Å². The van der Waals surface area contributed by atoms with Gasteiger partial charge in [-0.3, -0.25) is 4.79 Å². The van der Waals surface area contributed by atoms with Crippen molar-refractivity contribution in [2.24, 2.45) is 5.92 Å². The third-order valence-electron chi connectivity index (χ3n) is 3.65. The van der Waals surface area contributed by atoms with Crippen molar-refractivity contribution in [1.29, 1.82) is 0 Å². The summed E-state index contributed by atoms with van der Waals surface area (Å²) in [6.45, 7) is 6.05. The molecule has 1 aliphatic rings. The van der Waals surface area contributed by atoms with Crippen molar-refractivity contribution in [3.05, 3.63) is 0 Å². The summed E-state index contributed by atoms with van der Waals surface area (Å²) in [4.78, 5) is 25.0. The van der Waals surface area contributed by atoms with Gasteiger partial charge >= 0.3 is 5.97 Å². The number of nitrogens with zero attached hydrogens (tertiary/aromatic N) is 1. The van der Waals surface area contributed by atoms with Gasteiger partial charge in [-0.1, -0.05) is 13.8 Å². The van der Waals surface area contributed by atoms with Crippen LogP contribution in [-0.4, -0.2) is 34.0 Å². The van der Waals surface area contributed by atoms with Crippen LogP contribution in [0.15, 0.2) is 0 Å². The van der Waals surface area contributed by atoms with E-state index in [1.165, 1.54) is 0 Å². The minimum atomic E-state index is -1.00. The van der Waals surface area contributed by atoms with E-state index in [0.29, 0.717) is 13.0 Å². The number of carboxylic acid groups (broad SMARTS) is 1. The molecule has 1 amide bonds. The lowest BCUT2D eigenvalue weighted by atomic mass is 9.87. The van der Waals surface area contributed by atoms with Crippen LogP contribution < -0.4 is 0 Å². The van der Waals surface area contributed by atoms with Gasteiger partial charge in [0.25, 0.3) is 0 Å². The third-order valence-corrected chi connectivity index (χ3v) is 3.65. The number of carboxylic acids is 1. The Labute approximate surface area is 96.6 Å². The Kier molecular flexibility index (Phi) is 3.94. The Morgan fingerprint density at radius 1 is 1.44 bits per heavy atom. The molecule has 0 radical (unpaired) electrons. The van der Waals surface area contributed by atoms with Crippen LogP contribution in [0.5, 0.6) is 0 Å². The first kappa shape index (κ1) is 13.0. The first-order chi connectivity index (χ1) is 7.43. The molecule has 0 aromatic heterocycles. The highest BCUT2D eigenvalue weighted by molar-refractivity contribution is 5.87. The zero-order valence-electron chi connectivity index (χ0n) is 10.3. The molecule has 1 N–H and O–H groups in total. The van der Waals surface area contributed by atoms with E-state index in [1.807, 2.05) is 13.8 Å². The molecule has 1 fully saturated rings. The normalized spacial score (nSPS) is 27.6. The average molecular weight is 227 g/mol. The van der Waals surface area contributed by atoms with E-state index in [-0.39, 0.29) is 11.8 Å². The van der Waals surface area contributed by atoms with Crippen LogP contribution in [-0.2, 0) is 9.59 Å². The SMILES string of the molecule is CCC(C)C(=O)N1CCCCC1(C)C(=O)O. The number of piperidine rings is 1. The van der Waals surface area contributed by atoms with E-state index in [1.54, 1.807) is 11.8 Å². The molecule has 0 aromatic carbocycles. The zero-order valence-corrected chi connectivity index (χ0v) is 10.3. The number of carbonyl (C=O) groups is 2. The van der Waals surface area contributed by atoms with Gasteiger partial charge < -0.3 is 10.0 Å². The molecule has 4 heteroatoms. The Balaban J connectivity index is 2.90. The molecule has 0 bridgehead atoms. The lowest BCUT2D eigenvalue weighted by Gasteiger charge is -2.42. The lowest BCUT2D eigenvalue weighted by Crippen LogP contribution is -2.58. The van der Waals surface area contributed by atoms with Crippen molar-refractivity contribution >= 4 is 11.9 Å². The highest BCUT2D eigenvalue weighted by Crippen LogP contribution is 2.30. The second-order valence-electron chi connectivity index (χ2n) is 4.84. The topological polar surface area (TPSA) is 57.6 Å². The van der Waals surface area contributed by atoms with Crippen molar-refractivity contribution in [2.45, 2.75) is 52.0 Å². The van der Waals surface area contributed by atoms with Gasteiger partial charge in [0, 0.05) is 12.5 Å². The second-order valence-corrected chi connectivity index (χ2v) is 4.84. The number of aliphatic carboxylic acids is 1. The van der Waals surface area contributed by atoms with Crippen LogP contribution in [0.2, 0.25) is 0 Å². The second kappa shape index (κ2) is 4.85. The molecule has 0 aliphatic carbocycles. The number of rotatable bonds is 3. The predicted molar refractivity (Wildman–Crippen MR) is 61.1 cm³/mol. The molecule has 16 heavy (non-hydrogen) atoms. The standard InChI is InChI=1S/C12H21NO3/c1-4-9(2)10(14)13-8-6-5-7-12(13,3)11(15)16/h9H,4-8H2,1-3H3,(H,15,16). The van der Waals surface area contributed by atoms with Gasteiger partial charge in [0.15, 0.2) is 0 Å². The Hall–Kier alpha value is -1.06. The zero-order chi connectivity index (χ0) is 12.3. The maximum absolute atomic E-state index is 12.1. The van der Waals surface area contributed by atoms with Crippen molar-refractivity contribution < 1.29 is 14.7 Å². The van der Waals surface area contributed by atoms with Crippen LogP contribution in [0.4, 0.5) is 0 Å². The fraction of sp³-hybridized carbons (Fsp3) is 0.833. The van der Waals surface area contributed by atoms with E-state index < -0.39 is 11.5 Å². The van der Waals surface area contributed by atoms with Gasteiger partial charge in [-0.2, -0.15) is 0 Å². The van der Waals surface area contributed by atoms with Crippen LogP contribution in [0, 0.1) is 5.92 Å². The Morgan fingerprint density at radius 2 is 2.06 bits per heavy atom. The van der Waals surface area contributed by atoms with Crippen LogP contribution in [0.1, 0.15) is 46.5 Å². The number of likely N-dealkylation sites (tertiary alicyclic amines) is 1. The minimum absolute atomic E-state index is 0.0212. The first-order valence-electron chi connectivity index (χ1n) is 5.98. The quantitative estimate of drug-likeness (QED) is 0.801. The summed E-state index contributed by atoms with van der Waals surface area (Å²) in [6, 6.07) is 0. The fourth-order valence-corrected chi connectivity index (χ4v) is 2.14. The number of hydrogen-bond donors (Lipinski definition) is 1. The van der Waals surface area contributed by atoms with E-state index in [9.17, 15) is 14.7 Å². The molecular weight excluding hydrogens is 206 g/mol. The van der Waals surface area contributed by atoms with E-state index in [4.69, 9.17) is 0 Å². The molecule has 2 atom stereocenters. The summed E-state index contributed by atoms with van der Waals surface area (Å²) < 4.78 is 0. The fourth-order valence-electron chi connectivity index (χ4n) is 2.14. The first-order valence-corrected chi connectivity index (χ1v) is 5.98. The molecule has 1 saturated heterocycles. The molecule has 0 spiro atoms. The molecule has 4 nitrogen and oxygen atoms in total. The molecule has 1 heterocycles. The van der Waals surface area contributed by atoms with Crippen molar-refractivity contribution in [3.8, 4) is 0 Å². The summed E-state index contributed by atoms with van der Waals surface area (Å²) in [5, 5.41) is 9.28. The van der Waals surface area contributed by atoms with Crippen LogP contribution in [0.25, 0.3) is 0 Å². The minimum Gasteiger partial charge on any atom is -0.480 e. The van der Waals surface area contributed by atoms with Crippen molar-refractivity contribution in [3.63, 3.8) is 0 Å². The third kappa shape index (κ3) is 2.20. The molecule has 92 valence electrons. The van der Waals surface area contributed by atoms with E-state index in [0.717, 1.165) is 19.3 Å². The summed E-state index contributed by atoms with van der Waals surface area (Å²) in [7, 11) is 0. The van der Waals surface area contributed by atoms with Gasteiger partial charge in [0.05, 0.1) is 0 Å². The smallest absolute Gasteiger partial charge is 0.329 e. The molecule has 0 saturated carbocycles. The summed E-state index contributed by atoms with van der Waals surface area (Å²) in [5.74, 6) is -0.993. The molecule has 0 aromatic rings. The van der Waals surface area contributed by atoms with Gasteiger partial charge in [-0.05, 0) is 32.6 Å². The highest BCUT2D eigenvalue weighted by atomic mass is 16.4. The van der Waals surface area contributed by atoms with Gasteiger partial charge in [-0.25, -0.2) is 4.79 Å². The molecule has 2 unspecified atom stereocenters. The Morgan fingerprint density at radius 3 is 2.56 bits per heavy atom. The summed E-state index contributed by atoms with van der Waals surface area (Å²) in [5.41, 5.74) is -1.00. The lowest BCUT2D eigenvalue weighted by molar-refractivity contribution is -0.162. The monoisotopic (exact) mass is 227 g/mol. The van der Waals surface area contributed by atoms with Crippen LogP contribution >= 0.6 is 0 Å².